The summed E-state index contributed by atoms with van der Waals surface area (Å²) in [6, 6.07) is 11.8. The van der Waals surface area contributed by atoms with Gasteiger partial charge >= 0.3 is 0 Å². The third-order valence-corrected chi connectivity index (χ3v) is 6.56. The van der Waals surface area contributed by atoms with Gasteiger partial charge < -0.3 is 19.7 Å². The van der Waals surface area contributed by atoms with E-state index in [1.54, 1.807) is 14.2 Å². The highest BCUT2D eigenvalue weighted by atomic mass is 32.1. The molecule has 30 heavy (non-hydrogen) atoms. The number of fused-ring (bicyclic) bond motifs is 1. The number of thiazole rings is 1. The van der Waals surface area contributed by atoms with E-state index in [2.05, 4.69) is 34.3 Å². The standard InChI is InChI=1S/C23H25N3O3S/c1-5-26-11-10-15-6-8-17(13-18(15)26)25-22(27)21-14(2)24-23(30-21)16-7-9-19(28-3)20(12-16)29-4/h6-9,12-13H,5,10-11H2,1-4H3,(H,25,27). The van der Waals surface area contributed by atoms with Crippen LogP contribution in [0.2, 0.25) is 0 Å². The van der Waals surface area contributed by atoms with Crippen molar-refractivity contribution in [1.82, 2.24) is 4.98 Å². The number of benzene rings is 2. The Balaban J connectivity index is 1.57. The molecule has 2 aromatic carbocycles. The molecule has 1 amide bonds. The number of carbonyl (C=O) groups excluding carboxylic acids is 1. The van der Waals surface area contributed by atoms with Gasteiger partial charge in [-0.25, -0.2) is 4.98 Å². The normalized spacial score (nSPS) is 12.6. The Morgan fingerprint density at radius 3 is 2.70 bits per heavy atom. The Kier molecular flexibility index (Phi) is 5.63. The molecule has 0 bridgehead atoms. The fourth-order valence-electron chi connectivity index (χ4n) is 3.74. The first-order valence-electron chi connectivity index (χ1n) is 9.93. The van der Waals surface area contributed by atoms with E-state index in [9.17, 15) is 4.79 Å². The highest BCUT2D eigenvalue weighted by molar-refractivity contribution is 7.17. The highest BCUT2D eigenvalue weighted by Crippen LogP contribution is 2.35. The molecule has 7 heteroatoms. The number of nitrogens with one attached hydrogen (secondary N) is 1. The predicted molar refractivity (Wildman–Crippen MR) is 121 cm³/mol. The molecule has 6 nitrogen and oxygen atoms in total. The number of methoxy groups -OCH3 is 2. The first-order chi connectivity index (χ1) is 14.5. The monoisotopic (exact) mass is 423 g/mol. The van der Waals surface area contributed by atoms with Crippen LogP contribution in [0.25, 0.3) is 10.6 Å². The summed E-state index contributed by atoms with van der Waals surface area (Å²) in [5.74, 6) is 1.15. The number of hydrogen-bond donors (Lipinski definition) is 1. The van der Waals surface area contributed by atoms with Crippen LogP contribution in [0.1, 0.15) is 27.9 Å². The maximum absolute atomic E-state index is 13.0. The Bertz CT molecular complexity index is 1090. The molecule has 156 valence electrons. The molecule has 0 fully saturated rings. The van der Waals surface area contributed by atoms with Gasteiger partial charge in [0, 0.05) is 30.0 Å². The number of anilines is 2. The smallest absolute Gasteiger partial charge is 0.267 e. The van der Waals surface area contributed by atoms with Gasteiger partial charge in [0.2, 0.25) is 0 Å². The second kappa shape index (κ2) is 8.36. The first kappa shape index (κ1) is 20.2. The van der Waals surface area contributed by atoms with Crippen molar-refractivity contribution in [3.63, 3.8) is 0 Å². The Labute approximate surface area is 180 Å². The van der Waals surface area contributed by atoms with Crippen LogP contribution in [-0.4, -0.2) is 38.2 Å². The molecule has 0 saturated carbocycles. The molecule has 4 rings (SSSR count). The first-order valence-corrected chi connectivity index (χ1v) is 10.7. The maximum atomic E-state index is 13.0. The summed E-state index contributed by atoms with van der Waals surface area (Å²) < 4.78 is 10.7. The van der Waals surface area contributed by atoms with Crippen LogP contribution < -0.4 is 19.7 Å². The number of amides is 1. The Hall–Kier alpha value is -3.06. The van der Waals surface area contributed by atoms with Gasteiger partial charge in [-0.2, -0.15) is 0 Å². The van der Waals surface area contributed by atoms with Crippen molar-refractivity contribution in [1.29, 1.82) is 0 Å². The lowest BCUT2D eigenvalue weighted by atomic mass is 10.1. The van der Waals surface area contributed by atoms with Gasteiger partial charge in [-0.05, 0) is 56.2 Å². The summed E-state index contributed by atoms with van der Waals surface area (Å²) >= 11 is 1.37. The SMILES string of the molecule is CCN1CCc2ccc(NC(=O)c3sc(-c4ccc(OC)c(OC)c4)nc3C)cc21. The van der Waals surface area contributed by atoms with E-state index in [1.165, 1.54) is 22.6 Å². The lowest BCUT2D eigenvalue weighted by molar-refractivity contribution is 0.103. The fourth-order valence-corrected chi connectivity index (χ4v) is 4.70. The highest BCUT2D eigenvalue weighted by Gasteiger charge is 2.20. The quantitative estimate of drug-likeness (QED) is 0.619. The summed E-state index contributed by atoms with van der Waals surface area (Å²) in [5.41, 5.74) is 4.94. The number of rotatable bonds is 6. The van der Waals surface area contributed by atoms with Gasteiger partial charge in [-0.15, -0.1) is 11.3 Å². The molecule has 1 aliphatic rings. The van der Waals surface area contributed by atoms with Crippen molar-refractivity contribution in [2.75, 3.05) is 37.5 Å². The molecule has 1 aromatic heterocycles. The van der Waals surface area contributed by atoms with E-state index in [-0.39, 0.29) is 5.91 Å². The minimum Gasteiger partial charge on any atom is -0.493 e. The van der Waals surface area contributed by atoms with E-state index in [4.69, 9.17) is 9.47 Å². The molecule has 0 aliphatic carbocycles. The van der Waals surface area contributed by atoms with E-state index in [1.807, 2.05) is 31.2 Å². The summed E-state index contributed by atoms with van der Waals surface area (Å²) in [7, 11) is 3.20. The number of ether oxygens (including phenoxy) is 2. The van der Waals surface area contributed by atoms with Crippen LogP contribution in [-0.2, 0) is 6.42 Å². The van der Waals surface area contributed by atoms with Crippen molar-refractivity contribution in [3.05, 3.63) is 52.5 Å². The molecular weight excluding hydrogens is 398 g/mol. The maximum Gasteiger partial charge on any atom is 0.267 e. The Morgan fingerprint density at radius 2 is 1.97 bits per heavy atom. The summed E-state index contributed by atoms with van der Waals surface area (Å²) in [6.45, 7) is 6.01. The van der Waals surface area contributed by atoms with Crippen molar-refractivity contribution in [2.45, 2.75) is 20.3 Å². The van der Waals surface area contributed by atoms with Gasteiger partial charge in [0.05, 0.1) is 19.9 Å². The molecular formula is C23H25N3O3S. The average Bonchev–Trinajstić information content (AvgIpc) is 3.36. The molecule has 0 unspecified atom stereocenters. The van der Waals surface area contributed by atoms with Gasteiger partial charge in [0.15, 0.2) is 11.5 Å². The van der Waals surface area contributed by atoms with Crippen LogP contribution >= 0.6 is 11.3 Å². The summed E-state index contributed by atoms with van der Waals surface area (Å²) in [4.78, 5) is 20.5. The van der Waals surface area contributed by atoms with E-state index < -0.39 is 0 Å². The second-order valence-corrected chi connectivity index (χ2v) is 8.13. The number of nitrogens with zero attached hydrogens (tertiary/aromatic N) is 2. The van der Waals surface area contributed by atoms with Gasteiger partial charge in [-0.3, -0.25) is 4.79 Å². The van der Waals surface area contributed by atoms with Crippen molar-refractivity contribution >= 4 is 28.6 Å². The molecule has 3 aromatic rings. The molecule has 1 N–H and O–H groups in total. The van der Waals surface area contributed by atoms with Crippen LogP contribution in [0.5, 0.6) is 11.5 Å². The zero-order valence-corrected chi connectivity index (χ0v) is 18.4. The van der Waals surface area contributed by atoms with Crippen molar-refractivity contribution in [3.8, 4) is 22.1 Å². The minimum absolute atomic E-state index is 0.141. The molecule has 0 radical (unpaired) electrons. The molecule has 1 aliphatic heterocycles. The van der Waals surface area contributed by atoms with Gasteiger partial charge in [-0.1, -0.05) is 6.07 Å². The lowest BCUT2D eigenvalue weighted by Gasteiger charge is -2.17. The second-order valence-electron chi connectivity index (χ2n) is 7.13. The number of hydrogen-bond acceptors (Lipinski definition) is 6. The average molecular weight is 424 g/mol. The van der Waals surface area contributed by atoms with Crippen LogP contribution in [0, 0.1) is 6.92 Å². The zero-order valence-electron chi connectivity index (χ0n) is 17.6. The number of aromatic nitrogens is 1. The predicted octanol–water partition coefficient (Wildman–Crippen LogP) is 4.77. The summed E-state index contributed by atoms with van der Waals surface area (Å²) in [6.07, 6.45) is 1.06. The lowest BCUT2D eigenvalue weighted by Crippen LogP contribution is -2.19. The molecule has 0 atom stereocenters. The van der Waals surface area contributed by atoms with Crippen LogP contribution in [0.4, 0.5) is 11.4 Å². The van der Waals surface area contributed by atoms with Crippen LogP contribution in [0.15, 0.2) is 36.4 Å². The number of aryl methyl sites for hydroxylation is 1. The van der Waals surface area contributed by atoms with E-state index in [0.717, 1.165) is 35.8 Å². The summed E-state index contributed by atoms with van der Waals surface area (Å²) in [5, 5.41) is 3.81. The number of carbonyl (C=O) groups is 1. The molecule has 0 saturated heterocycles. The molecule has 0 spiro atoms. The van der Waals surface area contributed by atoms with Crippen LogP contribution in [0.3, 0.4) is 0 Å². The van der Waals surface area contributed by atoms with E-state index >= 15 is 0 Å². The third kappa shape index (κ3) is 3.73. The zero-order chi connectivity index (χ0) is 21.3. The Morgan fingerprint density at radius 1 is 1.17 bits per heavy atom. The van der Waals surface area contributed by atoms with E-state index in [0.29, 0.717) is 22.1 Å². The topological polar surface area (TPSA) is 63.7 Å². The van der Waals surface area contributed by atoms with Gasteiger partial charge in [0.25, 0.3) is 5.91 Å². The number of likely N-dealkylation sites (N-methyl/N-ethyl adjacent to an activating group) is 1. The van der Waals surface area contributed by atoms with Crippen molar-refractivity contribution in [2.24, 2.45) is 0 Å². The third-order valence-electron chi connectivity index (χ3n) is 5.35. The largest absolute Gasteiger partial charge is 0.493 e. The van der Waals surface area contributed by atoms with Crippen molar-refractivity contribution < 1.29 is 14.3 Å². The fraction of sp³-hybridized carbons (Fsp3) is 0.304. The van der Waals surface area contributed by atoms with Gasteiger partial charge in [0.1, 0.15) is 9.88 Å². The molecule has 2 heterocycles. The minimum atomic E-state index is -0.141.